The van der Waals surface area contributed by atoms with E-state index in [-0.39, 0.29) is 6.04 Å². The molecule has 2 aromatic carbocycles. The number of benzene rings is 2. The van der Waals surface area contributed by atoms with Gasteiger partial charge in [0.25, 0.3) is 0 Å². The fourth-order valence-electron chi connectivity index (χ4n) is 2.68. The van der Waals surface area contributed by atoms with E-state index in [4.69, 9.17) is 10.5 Å². The first-order chi connectivity index (χ1) is 11.3. The summed E-state index contributed by atoms with van der Waals surface area (Å²) in [5, 5.41) is 7.92. The molecule has 0 aliphatic carbocycles. The minimum Gasteiger partial charge on any atom is -0.457 e. The van der Waals surface area contributed by atoms with Crippen LogP contribution in [-0.2, 0) is 6.54 Å². The number of rotatable bonds is 3. The van der Waals surface area contributed by atoms with Gasteiger partial charge in [-0.05, 0) is 36.4 Å². The highest BCUT2D eigenvalue weighted by atomic mass is 16.5. The Morgan fingerprint density at radius 2 is 1.78 bits per heavy atom. The molecule has 3 N–H and O–H groups in total. The van der Waals surface area contributed by atoms with Crippen LogP contribution in [-0.4, -0.2) is 22.4 Å². The van der Waals surface area contributed by atoms with Gasteiger partial charge in [-0.2, -0.15) is 5.10 Å². The average molecular weight is 306 g/mol. The summed E-state index contributed by atoms with van der Waals surface area (Å²) in [6, 6.07) is 19.9. The van der Waals surface area contributed by atoms with Crippen LogP contribution >= 0.6 is 0 Å². The Hall–Kier alpha value is -2.79. The molecule has 0 spiro atoms. The van der Waals surface area contributed by atoms with Gasteiger partial charge in [-0.15, -0.1) is 0 Å². The van der Waals surface area contributed by atoms with Crippen LogP contribution in [0.3, 0.4) is 0 Å². The van der Waals surface area contributed by atoms with E-state index in [1.165, 1.54) is 0 Å². The Morgan fingerprint density at radius 1 is 1.04 bits per heavy atom. The Labute approximate surface area is 134 Å². The number of nitrogens with two attached hydrogens (primary N) is 1. The highest BCUT2D eigenvalue weighted by Gasteiger charge is 2.17. The van der Waals surface area contributed by atoms with E-state index >= 15 is 0 Å². The van der Waals surface area contributed by atoms with Crippen LogP contribution in [0.1, 0.15) is 0 Å². The van der Waals surface area contributed by atoms with Gasteiger partial charge in [-0.25, -0.2) is 4.68 Å². The van der Waals surface area contributed by atoms with Crippen molar-refractivity contribution in [3.05, 3.63) is 60.7 Å². The highest BCUT2D eigenvalue weighted by molar-refractivity contribution is 5.64. The Kier molecular flexibility index (Phi) is 3.48. The van der Waals surface area contributed by atoms with E-state index in [0.717, 1.165) is 41.7 Å². The molecule has 5 nitrogen and oxygen atoms in total. The SMILES string of the molecule is NC1CNc2cc(-c3ccc(Oc4ccccc4)cc3)nn2C1. The number of nitrogens with one attached hydrogen (secondary N) is 1. The van der Waals surface area contributed by atoms with Crippen molar-refractivity contribution in [2.45, 2.75) is 12.6 Å². The van der Waals surface area contributed by atoms with Crippen molar-refractivity contribution in [2.75, 3.05) is 11.9 Å². The molecular formula is C18H18N4O. The van der Waals surface area contributed by atoms with Gasteiger partial charge in [0, 0.05) is 24.2 Å². The third kappa shape index (κ3) is 2.91. The Morgan fingerprint density at radius 3 is 2.57 bits per heavy atom. The number of fused-ring (bicyclic) bond motifs is 1. The molecular weight excluding hydrogens is 288 g/mol. The van der Waals surface area contributed by atoms with Gasteiger partial charge in [0.05, 0.1) is 12.2 Å². The average Bonchev–Trinajstić information content (AvgIpc) is 2.99. The van der Waals surface area contributed by atoms with Crippen LogP contribution in [0.25, 0.3) is 11.3 Å². The standard InChI is InChI=1S/C18H18N4O/c19-14-11-20-18-10-17(21-22(18)12-14)13-6-8-16(9-7-13)23-15-4-2-1-3-5-15/h1-10,14,20H,11-12,19H2. The molecule has 23 heavy (non-hydrogen) atoms. The first-order valence-corrected chi connectivity index (χ1v) is 7.68. The summed E-state index contributed by atoms with van der Waals surface area (Å²) in [6.45, 7) is 1.53. The van der Waals surface area contributed by atoms with Crippen LogP contribution in [0.15, 0.2) is 60.7 Å². The molecule has 2 heterocycles. The minimum atomic E-state index is 0.108. The van der Waals surface area contributed by atoms with Crippen LogP contribution in [0.5, 0.6) is 11.5 Å². The Bertz CT molecular complexity index is 796. The summed E-state index contributed by atoms with van der Waals surface area (Å²) in [7, 11) is 0. The molecule has 116 valence electrons. The topological polar surface area (TPSA) is 65.1 Å². The summed E-state index contributed by atoms with van der Waals surface area (Å²) < 4.78 is 7.74. The van der Waals surface area contributed by atoms with E-state index in [1.54, 1.807) is 0 Å². The zero-order valence-electron chi connectivity index (χ0n) is 12.6. The van der Waals surface area contributed by atoms with Crippen molar-refractivity contribution in [3.8, 4) is 22.8 Å². The minimum absolute atomic E-state index is 0.108. The number of para-hydroxylation sites is 1. The summed E-state index contributed by atoms with van der Waals surface area (Å²) in [6.07, 6.45) is 0. The monoisotopic (exact) mass is 306 g/mol. The summed E-state index contributed by atoms with van der Waals surface area (Å²) >= 11 is 0. The van der Waals surface area contributed by atoms with Crippen LogP contribution in [0, 0.1) is 0 Å². The predicted molar refractivity (Wildman–Crippen MR) is 90.6 cm³/mol. The zero-order valence-corrected chi connectivity index (χ0v) is 12.6. The van der Waals surface area contributed by atoms with E-state index in [0.29, 0.717) is 0 Å². The van der Waals surface area contributed by atoms with Gasteiger partial charge >= 0.3 is 0 Å². The van der Waals surface area contributed by atoms with Crippen molar-refractivity contribution in [3.63, 3.8) is 0 Å². The number of ether oxygens (including phenoxy) is 1. The summed E-state index contributed by atoms with van der Waals surface area (Å²) in [5.41, 5.74) is 7.95. The molecule has 5 heteroatoms. The zero-order chi connectivity index (χ0) is 15.6. The second-order valence-electron chi connectivity index (χ2n) is 5.68. The third-order valence-electron chi connectivity index (χ3n) is 3.86. The lowest BCUT2D eigenvalue weighted by molar-refractivity contribution is 0.483. The van der Waals surface area contributed by atoms with E-state index in [2.05, 4.69) is 16.5 Å². The molecule has 1 atom stereocenters. The molecule has 0 amide bonds. The summed E-state index contributed by atoms with van der Waals surface area (Å²) in [5.74, 6) is 2.66. The van der Waals surface area contributed by atoms with Crippen molar-refractivity contribution in [1.82, 2.24) is 9.78 Å². The fourth-order valence-corrected chi connectivity index (χ4v) is 2.68. The van der Waals surface area contributed by atoms with Crippen LogP contribution in [0.4, 0.5) is 5.82 Å². The fraction of sp³-hybridized carbons (Fsp3) is 0.167. The molecule has 4 rings (SSSR count). The molecule has 0 saturated carbocycles. The molecule has 0 radical (unpaired) electrons. The highest BCUT2D eigenvalue weighted by Crippen LogP contribution is 2.27. The third-order valence-corrected chi connectivity index (χ3v) is 3.86. The number of hydrogen-bond donors (Lipinski definition) is 2. The normalized spacial score (nSPS) is 16.5. The maximum Gasteiger partial charge on any atom is 0.127 e. The van der Waals surface area contributed by atoms with Gasteiger partial charge in [-0.1, -0.05) is 18.2 Å². The van der Waals surface area contributed by atoms with Gasteiger partial charge in [0.2, 0.25) is 0 Å². The van der Waals surface area contributed by atoms with Crippen molar-refractivity contribution < 1.29 is 4.74 Å². The molecule has 0 saturated heterocycles. The van der Waals surface area contributed by atoms with Gasteiger partial charge in [-0.3, -0.25) is 0 Å². The second kappa shape index (κ2) is 5.78. The lowest BCUT2D eigenvalue weighted by Gasteiger charge is -2.21. The number of nitrogens with zero attached hydrogens (tertiary/aromatic N) is 2. The molecule has 0 bridgehead atoms. The van der Waals surface area contributed by atoms with E-state index in [9.17, 15) is 0 Å². The van der Waals surface area contributed by atoms with Crippen molar-refractivity contribution in [1.29, 1.82) is 0 Å². The maximum absolute atomic E-state index is 5.95. The number of aromatic nitrogens is 2. The van der Waals surface area contributed by atoms with E-state index in [1.807, 2.05) is 59.3 Å². The Balaban J connectivity index is 1.54. The van der Waals surface area contributed by atoms with Crippen molar-refractivity contribution in [2.24, 2.45) is 5.73 Å². The number of anilines is 1. The van der Waals surface area contributed by atoms with Gasteiger partial charge in [0.15, 0.2) is 0 Å². The lowest BCUT2D eigenvalue weighted by atomic mass is 10.1. The maximum atomic E-state index is 5.95. The number of hydrogen-bond acceptors (Lipinski definition) is 4. The summed E-state index contributed by atoms with van der Waals surface area (Å²) in [4.78, 5) is 0. The molecule has 1 aliphatic rings. The van der Waals surface area contributed by atoms with Gasteiger partial charge in [0.1, 0.15) is 17.3 Å². The lowest BCUT2D eigenvalue weighted by Crippen LogP contribution is -2.38. The second-order valence-corrected chi connectivity index (χ2v) is 5.68. The first kappa shape index (κ1) is 13.8. The largest absolute Gasteiger partial charge is 0.457 e. The molecule has 1 aliphatic heterocycles. The molecule has 1 unspecified atom stereocenters. The molecule has 0 fully saturated rings. The van der Waals surface area contributed by atoms with Crippen LogP contribution < -0.4 is 15.8 Å². The van der Waals surface area contributed by atoms with Gasteiger partial charge < -0.3 is 15.8 Å². The van der Waals surface area contributed by atoms with E-state index < -0.39 is 0 Å². The molecule has 1 aromatic heterocycles. The van der Waals surface area contributed by atoms with Crippen LogP contribution in [0.2, 0.25) is 0 Å². The first-order valence-electron chi connectivity index (χ1n) is 7.68. The molecule has 3 aromatic rings. The van der Waals surface area contributed by atoms with Crippen molar-refractivity contribution >= 4 is 5.82 Å². The smallest absolute Gasteiger partial charge is 0.127 e. The predicted octanol–water partition coefficient (Wildman–Crippen LogP) is 3.10. The quantitative estimate of drug-likeness (QED) is 0.780.